The molecular weight excluding hydrogens is 304 g/mol. The van der Waals surface area contributed by atoms with Gasteiger partial charge in [-0.3, -0.25) is 9.89 Å². The summed E-state index contributed by atoms with van der Waals surface area (Å²) in [6, 6.07) is 5.37. The number of aryl methyl sites for hydroxylation is 1. The summed E-state index contributed by atoms with van der Waals surface area (Å²) in [4.78, 5) is 12.3. The van der Waals surface area contributed by atoms with Crippen molar-refractivity contribution in [1.82, 2.24) is 15.5 Å². The Balaban J connectivity index is 0.00000242. The first-order chi connectivity index (χ1) is 9.85. The molecule has 0 aromatic carbocycles. The Morgan fingerprint density at radius 1 is 1.50 bits per heavy atom. The summed E-state index contributed by atoms with van der Waals surface area (Å²) < 4.78 is 5.50. The van der Waals surface area contributed by atoms with Crippen LogP contribution in [0.5, 0.6) is 0 Å². The van der Waals surface area contributed by atoms with Crippen LogP contribution in [0.1, 0.15) is 37.0 Å². The Morgan fingerprint density at radius 3 is 2.68 bits per heavy atom. The molecule has 2 aromatic rings. The minimum atomic E-state index is -0.461. The molecule has 1 unspecified atom stereocenters. The summed E-state index contributed by atoms with van der Waals surface area (Å²) in [5.74, 6) is 1.44. The van der Waals surface area contributed by atoms with Crippen molar-refractivity contribution >= 4 is 18.3 Å². The summed E-state index contributed by atoms with van der Waals surface area (Å²) in [7, 11) is 0. The van der Waals surface area contributed by atoms with Gasteiger partial charge >= 0.3 is 0 Å². The first-order valence-corrected chi connectivity index (χ1v) is 7.00. The van der Waals surface area contributed by atoms with E-state index in [1.54, 1.807) is 6.07 Å². The number of aromatic nitrogens is 2. The molecule has 6 nitrogen and oxygen atoms in total. The van der Waals surface area contributed by atoms with E-state index in [0.717, 1.165) is 5.76 Å². The Morgan fingerprint density at radius 2 is 2.18 bits per heavy atom. The van der Waals surface area contributed by atoms with Crippen molar-refractivity contribution < 1.29 is 9.21 Å². The van der Waals surface area contributed by atoms with Crippen molar-refractivity contribution in [3.63, 3.8) is 0 Å². The van der Waals surface area contributed by atoms with Gasteiger partial charge in [-0.05, 0) is 31.9 Å². The number of amides is 1. The third kappa shape index (κ3) is 3.69. The lowest BCUT2D eigenvalue weighted by Gasteiger charge is -2.33. The van der Waals surface area contributed by atoms with Crippen molar-refractivity contribution in [3.8, 4) is 11.5 Å². The standard InChI is InChI=1S/C15H22N4O2.ClH/c1-9(2)15(4,8-16)17-14(20)12-7-11(18-19-12)13-6-5-10(3)21-13;/h5-7,9H,8,16H2,1-4H3,(H,17,20)(H,18,19);1H. The van der Waals surface area contributed by atoms with Crippen LogP contribution in [0.4, 0.5) is 0 Å². The zero-order chi connectivity index (χ0) is 15.6. The van der Waals surface area contributed by atoms with E-state index in [4.69, 9.17) is 10.2 Å². The number of nitrogens with zero attached hydrogens (tertiary/aromatic N) is 1. The molecule has 2 heterocycles. The van der Waals surface area contributed by atoms with Crippen LogP contribution in [0.3, 0.4) is 0 Å². The predicted molar refractivity (Wildman–Crippen MR) is 88.0 cm³/mol. The maximum atomic E-state index is 12.3. The van der Waals surface area contributed by atoms with E-state index in [2.05, 4.69) is 15.5 Å². The molecule has 1 atom stereocenters. The molecule has 0 saturated heterocycles. The van der Waals surface area contributed by atoms with Crippen molar-refractivity contribution in [3.05, 3.63) is 29.7 Å². The highest BCUT2D eigenvalue weighted by molar-refractivity contribution is 5.93. The molecular formula is C15H23ClN4O2. The fourth-order valence-electron chi connectivity index (χ4n) is 1.90. The van der Waals surface area contributed by atoms with Gasteiger partial charge < -0.3 is 15.5 Å². The van der Waals surface area contributed by atoms with Gasteiger partial charge in [0.2, 0.25) is 0 Å². The third-order valence-corrected chi connectivity index (χ3v) is 3.91. The third-order valence-electron chi connectivity index (χ3n) is 3.91. The van der Waals surface area contributed by atoms with E-state index in [-0.39, 0.29) is 24.2 Å². The second kappa shape index (κ2) is 6.98. The van der Waals surface area contributed by atoms with Crippen LogP contribution in [0, 0.1) is 12.8 Å². The largest absolute Gasteiger partial charge is 0.460 e. The molecule has 1 amide bonds. The average Bonchev–Trinajstić information content (AvgIpc) is 3.06. The van der Waals surface area contributed by atoms with Gasteiger partial charge in [-0.25, -0.2) is 0 Å². The van der Waals surface area contributed by atoms with Gasteiger partial charge in [0.25, 0.3) is 5.91 Å². The van der Waals surface area contributed by atoms with Crippen LogP contribution >= 0.6 is 12.4 Å². The molecule has 7 heteroatoms. The van der Waals surface area contributed by atoms with Gasteiger partial charge in [-0.1, -0.05) is 13.8 Å². The topological polar surface area (TPSA) is 96.9 Å². The first kappa shape index (κ1) is 18.3. The highest BCUT2D eigenvalue weighted by Crippen LogP contribution is 2.21. The predicted octanol–water partition coefficient (Wildman–Crippen LogP) is 2.50. The van der Waals surface area contributed by atoms with Crippen LogP contribution in [0.2, 0.25) is 0 Å². The van der Waals surface area contributed by atoms with E-state index < -0.39 is 5.54 Å². The summed E-state index contributed by atoms with van der Waals surface area (Å²) in [5, 5.41) is 9.81. The lowest BCUT2D eigenvalue weighted by Crippen LogP contribution is -2.55. The second-order valence-corrected chi connectivity index (χ2v) is 5.81. The maximum Gasteiger partial charge on any atom is 0.272 e. The lowest BCUT2D eigenvalue weighted by molar-refractivity contribution is 0.0878. The Kier molecular flexibility index (Phi) is 5.79. The fourth-order valence-corrected chi connectivity index (χ4v) is 1.90. The number of hydrogen-bond donors (Lipinski definition) is 3. The maximum absolute atomic E-state index is 12.3. The number of nitrogens with one attached hydrogen (secondary N) is 2. The summed E-state index contributed by atoms with van der Waals surface area (Å²) in [6.07, 6.45) is 0. The normalized spacial score (nSPS) is 13.5. The van der Waals surface area contributed by atoms with Crippen LogP contribution < -0.4 is 11.1 Å². The number of carbonyl (C=O) groups is 1. The number of rotatable bonds is 5. The van der Waals surface area contributed by atoms with E-state index in [1.807, 2.05) is 39.8 Å². The van der Waals surface area contributed by atoms with Crippen LogP contribution in [0.15, 0.2) is 22.6 Å². The Labute approximate surface area is 136 Å². The Bertz CT molecular complexity index is 635. The number of hydrogen-bond acceptors (Lipinski definition) is 4. The van der Waals surface area contributed by atoms with E-state index >= 15 is 0 Å². The quantitative estimate of drug-likeness (QED) is 0.786. The zero-order valence-electron chi connectivity index (χ0n) is 13.3. The van der Waals surface area contributed by atoms with Gasteiger partial charge in [-0.15, -0.1) is 12.4 Å². The van der Waals surface area contributed by atoms with Crippen molar-refractivity contribution in [1.29, 1.82) is 0 Å². The molecule has 0 aliphatic heterocycles. The molecule has 0 spiro atoms. The molecule has 0 radical (unpaired) electrons. The smallest absolute Gasteiger partial charge is 0.272 e. The summed E-state index contributed by atoms with van der Waals surface area (Å²) in [5.41, 5.74) is 6.31. The van der Waals surface area contributed by atoms with Crippen molar-refractivity contribution in [2.45, 2.75) is 33.2 Å². The van der Waals surface area contributed by atoms with Crippen molar-refractivity contribution in [2.24, 2.45) is 11.7 Å². The van der Waals surface area contributed by atoms with E-state index in [1.165, 1.54) is 0 Å². The number of nitrogens with two attached hydrogens (primary N) is 1. The number of aromatic amines is 1. The number of furan rings is 1. The van der Waals surface area contributed by atoms with Crippen molar-refractivity contribution in [2.75, 3.05) is 6.54 Å². The van der Waals surface area contributed by atoms with E-state index in [9.17, 15) is 4.79 Å². The monoisotopic (exact) mass is 326 g/mol. The van der Waals surface area contributed by atoms with Gasteiger partial charge in [0.1, 0.15) is 11.5 Å². The SMILES string of the molecule is Cc1ccc(-c2cc(C(=O)NC(C)(CN)C(C)C)n[nH]2)o1.Cl. The van der Waals surface area contributed by atoms with Crippen LogP contribution in [0.25, 0.3) is 11.5 Å². The highest BCUT2D eigenvalue weighted by Gasteiger charge is 2.29. The van der Waals surface area contributed by atoms with Gasteiger partial charge in [0.05, 0.1) is 5.54 Å². The molecule has 0 saturated carbocycles. The highest BCUT2D eigenvalue weighted by atomic mass is 35.5. The van der Waals surface area contributed by atoms with Crippen LogP contribution in [-0.2, 0) is 0 Å². The van der Waals surface area contributed by atoms with E-state index in [0.29, 0.717) is 23.7 Å². The molecule has 0 fully saturated rings. The molecule has 2 rings (SSSR count). The number of H-pyrrole nitrogens is 1. The van der Waals surface area contributed by atoms with Gasteiger partial charge in [0, 0.05) is 12.6 Å². The minimum absolute atomic E-state index is 0. The molecule has 0 bridgehead atoms. The Hall–Kier alpha value is -1.79. The number of carbonyl (C=O) groups excluding carboxylic acids is 1. The second-order valence-electron chi connectivity index (χ2n) is 5.81. The van der Waals surface area contributed by atoms with Crippen LogP contribution in [-0.4, -0.2) is 28.2 Å². The first-order valence-electron chi connectivity index (χ1n) is 7.00. The molecule has 22 heavy (non-hydrogen) atoms. The lowest BCUT2D eigenvalue weighted by atomic mass is 9.88. The van der Waals surface area contributed by atoms with Gasteiger partial charge in [-0.2, -0.15) is 5.10 Å². The average molecular weight is 327 g/mol. The molecule has 2 aromatic heterocycles. The molecule has 0 aliphatic rings. The molecule has 0 aliphatic carbocycles. The number of halogens is 1. The minimum Gasteiger partial charge on any atom is -0.460 e. The summed E-state index contributed by atoms with van der Waals surface area (Å²) in [6.45, 7) is 8.20. The zero-order valence-corrected chi connectivity index (χ0v) is 14.1. The molecule has 4 N–H and O–H groups in total. The molecule has 122 valence electrons. The fraction of sp³-hybridized carbons (Fsp3) is 0.467. The van der Waals surface area contributed by atoms with Gasteiger partial charge in [0.15, 0.2) is 11.5 Å². The summed E-state index contributed by atoms with van der Waals surface area (Å²) >= 11 is 0.